The zero-order chi connectivity index (χ0) is 46.7. The average molecular weight is 897 g/mol. The number of cyclic esters (lactones) is 1. The summed E-state index contributed by atoms with van der Waals surface area (Å²) in [6, 6.07) is 7.87. The van der Waals surface area contributed by atoms with Gasteiger partial charge < -0.3 is 38.8 Å². The molecular weight excluding hydrogens is 829 g/mol. The van der Waals surface area contributed by atoms with Crippen molar-refractivity contribution in [3.05, 3.63) is 60.4 Å². The molecule has 1 unspecified atom stereocenters. The largest absolute Gasteiger partial charge is 0.464 e. The Morgan fingerprint density at radius 2 is 1.89 bits per heavy atom. The maximum absolute atomic E-state index is 14.7. The number of rotatable bonds is 10. The number of morpholine rings is 1. The first-order valence-electron chi connectivity index (χ1n) is 23.3. The van der Waals surface area contributed by atoms with Gasteiger partial charge in [-0.15, -0.1) is 0 Å². The Morgan fingerprint density at radius 1 is 1.11 bits per heavy atom. The van der Waals surface area contributed by atoms with Crippen LogP contribution in [0.1, 0.15) is 84.6 Å². The van der Waals surface area contributed by atoms with Crippen molar-refractivity contribution in [3.63, 3.8) is 0 Å². The summed E-state index contributed by atoms with van der Waals surface area (Å²) in [4.78, 5) is 79.4. The molecule has 2 N–H and O–H groups in total. The lowest BCUT2D eigenvalue weighted by Gasteiger charge is -2.39. The van der Waals surface area contributed by atoms with Crippen LogP contribution in [0.4, 0.5) is 5.69 Å². The molecule has 0 radical (unpaired) electrons. The van der Waals surface area contributed by atoms with E-state index in [2.05, 4.69) is 71.8 Å². The van der Waals surface area contributed by atoms with Gasteiger partial charge in [0, 0.05) is 93.6 Å². The summed E-state index contributed by atoms with van der Waals surface area (Å²) in [5, 5.41) is 5.58. The van der Waals surface area contributed by atoms with Crippen molar-refractivity contribution in [2.75, 3.05) is 65.0 Å². The van der Waals surface area contributed by atoms with Crippen LogP contribution in [0.3, 0.4) is 0 Å². The minimum absolute atomic E-state index is 0.139. The number of pyridine rings is 1. The SMILES string of the molecule is C=CC(=O)N1CC[C@H](C(=O)N(C)[C@H](C(=O)N[C@H]2CC3CN(CCO3)c3ccc4c(c3)c(c(-c3cccnc3[C@H](C)OC)n4CC)CC(C)(C)COC(=O)[C@@H]3CCCN(N3)C2=O)C(C)C)C1. The zero-order valence-corrected chi connectivity index (χ0v) is 39.4. The minimum Gasteiger partial charge on any atom is -0.464 e. The quantitative estimate of drug-likeness (QED) is 0.215. The van der Waals surface area contributed by atoms with E-state index in [9.17, 15) is 24.0 Å². The lowest BCUT2D eigenvalue weighted by molar-refractivity contribution is -0.156. The second kappa shape index (κ2) is 20.0. The smallest absolute Gasteiger partial charge is 0.324 e. The van der Waals surface area contributed by atoms with E-state index >= 15 is 0 Å². The Bertz CT molecular complexity index is 2270. The lowest BCUT2D eigenvalue weighted by atomic mass is 9.84. The number of likely N-dealkylation sites (tertiary alicyclic amines) is 1. The molecule has 352 valence electrons. The fourth-order valence-corrected chi connectivity index (χ4v) is 10.2. The van der Waals surface area contributed by atoms with Crippen molar-refractivity contribution in [2.24, 2.45) is 17.3 Å². The van der Waals surface area contributed by atoms with E-state index in [-0.39, 0.29) is 43.4 Å². The molecule has 16 heteroatoms. The van der Waals surface area contributed by atoms with Crippen molar-refractivity contribution in [1.82, 2.24) is 35.1 Å². The first kappa shape index (κ1) is 47.6. The van der Waals surface area contributed by atoms with E-state index in [1.807, 2.05) is 26.8 Å². The fourth-order valence-electron chi connectivity index (χ4n) is 10.2. The first-order valence-corrected chi connectivity index (χ1v) is 23.3. The van der Waals surface area contributed by atoms with Gasteiger partial charge in [-0.3, -0.25) is 34.0 Å². The van der Waals surface area contributed by atoms with Crippen molar-refractivity contribution in [3.8, 4) is 11.3 Å². The van der Waals surface area contributed by atoms with Gasteiger partial charge in [0.2, 0.25) is 17.7 Å². The van der Waals surface area contributed by atoms with Crippen LogP contribution in [0.15, 0.2) is 49.2 Å². The number of benzene rings is 1. The van der Waals surface area contributed by atoms with Crippen LogP contribution < -0.4 is 15.6 Å². The molecule has 6 bridgehead atoms. The van der Waals surface area contributed by atoms with Gasteiger partial charge in [-0.05, 0) is 87.4 Å². The van der Waals surface area contributed by atoms with Gasteiger partial charge >= 0.3 is 5.97 Å². The molecule has 16 nitrogen and oxygen atoms in total. The van der Waals surface area contributed by atoms with Crippen LogP contribution in [0, 0.1) is 17.3 Å². The van der Waals surface area contributed by atoms with Crippen LogP contribution in [0.25, 0.3) is 22.2 Å². The summed E-state index contributed by atoms with van der Waals surface area (Å²) in [6.45, 7) is 19.0. The number of methoxy groups -OCH3 is 1. The molecule has 7 rings (SSSR count). The van der Waals surface area contributed by atoms with Gasteiger partial charge in [-0.25, -0.2) is 5.43 Å². The first-order chi connectivity index (χ1) is 31.0. The summed E-state index contributed by atoms with van der Waals surface area (Å²) in [7, 11) is 3.30. The van der Waals surface area contributed by atoms with Crippen LogP contribution in [0.2, 0.25) is 0 Å². The predicted molar refractivity (Wildman–Crippen MR) is 247 cm³/mol. The number of nitrogens with one attached hydrogen (secondary N) is 2. The number of nitrogens with zero attached hydrogens (tertiary/aromatic N) is 6. The molecule has 65 heavy (non-hydrogen) atoms. The minimum atomic E-state index is -1.05. The summed E-state index contributed by atoms with van der Waals surface area (Å²) < 4.78 is 20.7. The van der Waals surface area contributed by atoms with E-state index in [1.54, 1.807) is 25.3 Å². The maximum atomic E-state index is 14.7. The third kappa shape index (κ3) is 10.1. The standard InChI is InChI=1S/C49H68N8O8/c1-10-41(58)55-21-18-32(27-55)46(60)53(8)43(30(3)4)45(59)51-39-25-34-28-54(22-23-64-34)33-16-17-40-36(24-33)37(44(56(40)11-2)35-14-12-19-50-42(35)31(5)63-9)26-49(6,7)29-65-48(62)38-15-13-20-57(52-38)47(39)61/h10,12,14,16-17,19,24,30-32,34,38-39,43,52H,1,11,13,15,18,20-23,25-29H2,2-9H3,(H,51,59)/t31-,32-,34?,38-,39-,43-/m0/s1. The fraction of sp³-hybridized carbons (Fsp3) is 0.592. The number of fused-ring (bicyclic) bond motifs is 6. The van der Waals surface area contributed by atoms with Crippen LogP contribution in [-0.2, 0) is 51.1 Å². The number of esters is 1. The monoisotopic (exact) mass is 897 g/mol. The number of hydrazine groups is 1. The number of ether oxygens (including phenoxy) is 3. The predicted octanol–water partition coefficient (Wildman–Crippen LogP) is 4.65. The van der Waals surface area contributed by atoms with Gasteiger partial charge in [0.25, 0.3) is 5.91 Å². The van der Waals surface area contributed by atoms with Gasteiger partial charge in [0.05, 0.1) is 42.7 Å². The molecule has 4 aliphatic rings. The third-order valence-electron chi connectivity index (χ3n) is 13.6. The normalized spacial score (nSPS) is 23.7. The zero-order valence-electron chi connectivity index (χ0n) is 39.4. The van der Waals surface area contributed by atoms with Gasteiger partial charge in [0.1, 0.15) is 18.1 Å². The van der Waals surface area contributed by atoms with Crippen molar-refractivity contribution >= 4 is 46.2 Å². The average Bonchev–Trinajstić information content (AvgIpc) is 3.92. The highest BCUT2D eigenvalue weighted by atomic mass is 16.5. The molecular formula is C49H68N8O8. The van der Waals surface area contributed by atoms with E-state index in [0.29, 0.717) is 65.0 Å². The Hall–Kier alpha value is -5.32. The molecule has 3 saturated heterocycles. The van der Waals surface area contributed by atoms with Crippen LogP contribution in [0.5, 0.6) is 0 Å². The van der Waals surface area contributed by atoms with E-state index in [4.69, 9.17) is 19.2 Å². The number of aryl methyl sites for hydroxylation is 1. The number of carbonyl (C=O) groups is 5. The number of anilines is 1. The highest BCUT2D eigenvalue weighted by molar-refractivity contribution is 5.95. The molecule has 6 atom stereocenters. The van der Waals surface area contributed by atoms with Gasteiger partial charge in [-0.2, -0.15) is 0 Å². The molecule has 0 saturated carbocycles. The highest BCUT2D eigenvalue weighted by Crippen LogP contribution is 2.42. The van der Waals surface area contributed by atoms with Gasteiger partial charge in [0.15, 0.2) is 0 Å². The number of carbonyl (C=O) groups excluding carboxylic acids is 5. The van der Waals surface area contributed by atoms with E-state index in [1.165, 1.54) is 16.0 Å². The Labute approximate surface area is 382 Å². The molecule has 2 aromatic heterocycles. The number of hydrogen-bond donors (Lipinski definition) is 2. The number of hydrogen-bond acceptors (Lipinski definition) is 11. The Morgan fingerprint density at radius 3 is 2.62 bits per heavy atom. The molecule has 4 amide bonds. The summed E-state index contributed by atoms with van der Waals surface area (Å²) in [5.74, 6) is -2.57. The number of likely N-dealkylation sites (N-methyl/N-ethyl adjacent to an activating group) is 1. The number of amides is 4. The van der Waals surface area contributed by atoms with E-state index in [0.717, 1.165) is 39.1 Å². The summed E-state index contributed by atoms with van der Waals surface area (Å²) in [6.07, 6.45) is 4.57. The summed E-state index contributed by atoms with van der Waals surface area (Å²) >= 11 is 0. The van der Waals surface area contributed by atoms with Gasteiger partial charge in [-0.1, -0.05) is 34.3 Å². The highest BCUT2D eigenvalue weighted by Gasteiger charge is 2.41. The molecule has 3 fully saturated rings. The number of aromatic nitrogens is 2. The van der Waals surface area contributed by atoms with Crippen molar-refractivity contribution in [1.29, 1.82) is 0 Å². The Balaban J connectivity index is 1.24. The second-order valence-electron chi connectivity index (χ2n) is 19.2. The molecule has 1 aromatic carbocycles. The van der Waals surface area contributed by atoms with Crippen molar-refractivity contribution in [2.45, 2.75) is 111 Å². The van der Waals surface area contributed by atoms with Crippen LogP contribution in [-0.4, -0.2) is 138 Å². The summed E-state index contributed by atoms with van der Waals surface area (Å²) in [5.41, 5.74) is 8.75. The Kier molecular flexibility index (Phi) is 14.7. The second-order valence-corrected chi connectivity index (χ2v) is 19.2. The molecule has 0 aliphatic carbocycles. The van der Waals surface area contributed by atoms with Crippen molar-refractivity contribution < 1.29 is 38.2 Å². The molecule has 6 heterocycles. The topological polar surface area (TPSA) is 168 Å². The molecule has 0 spiro atoms. The third-order valence-corrected chi connectivity index (χ3v) is 13.6. The van der Waals surface area contributed by atoms with E-state index < -0.39 is 53.3 Å². The van der Waals surface area contributed by atoms with Crippen LogP contribution >= 0.6 is 0 Å². The lowest BCUT2D eigenvalue weighted by Crippen LogP contribution is -2.62. The molecule has 3 aromatic rings. The molecule has 4 aliphatic heterocycles. The maximum Gasteiger partial charge on any atom is 0.324 e.